The second kappa shape index (κ2) is 9.03. The SMILES string of the molecule is CN=C(NCC(C)(C)c1ccc(OC)c(OC)c1)NC1CCN(C2CC2)CC1. The van der Waals surface area contributed by atoms with Gasteiger partial charge >= 0.3 is 0 Å². The number of aliphatic imine (C=N–C) groups is 1. The van der Waals surface area contributed by atoms with Gasteiger partial charge in [0.25, 0.3) is 0 Å². The number of piperidine rings is 1. The van der Waals surface area contributed by atoms with E-state index in [-0.39, 0.29) is 5.41 Å². The first kappa shape index (κ1) is 20.8. The van der Waals surface area contributed by atoms with Gasteiger partial charge in [-0.2, -0.15) is 0 Å². The number of nitrogens with zero attached hydrogens (tertiary/aromatic N) is 2. The Kier molecular flexibility index (Phi) is 6.70. The summed E-state index contributed by atoms with van der Waals surface area (Å²) in [5, 5.41) is 7.14. The summed E-state index contributed by atoms with van der Waals surface area (Å²) in [6.45, 7) is 7.64. The summed E-state index contributed by atoms with van der Waals surface area (Å²) < 4.78 is 10.8. The van der Waals surface area contributed by atoms with E-state index in [1.807, 2.05) is 13.1 Å². The van der Waals surface area contributed by atoms with Crippen LogP contribution in [0.2, 0.25) is 0 Å². The molecule has 1 aromatic rings. The van der Waals surface area contributed by atoms with E-state index in [1.54, 1.807) is 14.2 Å². The van der Waals surface area contributed by atoms with E-state index < -0.39 is 0 Å². The second-order valence-electron chi connectivity index (χ2n) is 8.57. The van der Waals surface area contributed by atoms with Crippen LogP contribution in [0, 0.1) is 0 Å². The van der Waals surface area contributed by atoms with E-state index in [0.717, 1.165) is 30.0 Å². The molecule has 1 saturated heterocycles. The highest BCUT2D eigenvalue weighted by Gasteiger charge is 2.32. The molecule has 2 fully saturated rings. The maximum atomic E-state index is 5.46. The minimum Gasteiger partial charge on any atom is -0.493 e. The van der Waals surface area contributed by atoms with Crippen LogP contribution in [0.1, 0.15) is 45.1 Å². The van der Waals surface area contributed by atoms with Crippen LogP contribution in [-0.2, 0) is 5.41 Å². The Hall–Kier alpha value is -1.95. The third-order valence-electron chi connectivity index (χ3n) is 6.02. The van der Waals surface area contributed by atoms with Gasteiger partial charge in [-0.3, -0.25) is 4.99 Å². The smallest absolute Gasteiger partial charge is 0.191 e. The lowest BCUT2D eigenvalue weighted by molar-refractivity contribution is 0.197. The fourth-order valence-electron chi connectivity index (χ4n) is 3.90. The molecule has 156 valence electrons. The number of rotatable bonds is 7. The van der Waals surface area contributed by atoms with Crippen molar-refractivity contribution >= 4 is 5.96 Å². The molecule has 0 radical (unpaired) electrons. The lowest BCUT2D eigenvalue weighted by Gasteiger charge is -2.34. The van der Waals surface area contributed by atoms with Crippen LogP contribution in [0.5, 0.6) is 11.5 Å². The molecule has 0 spiro atoms. The molecule has 1 heterocycles. The number of ether oxygens (including phenoxy) is 2. The summed E-state index contributed by atoms with van der Waals surface area (Å²) in [4.78, 5) is 7.09. The highest BCUT2D eigenvalue weighted by atomic mass is 16.5. The first-order valence-corrected chi connectivity index (χ1v) is 10.4. The molecule has 2 aliphatic rings. The van der Waals surface area contributed by atoms with Crippen LogP contribution in [0.3, 0.4) is 0 Å². The lowest BCUT2D eigenvalue weighted by Crippen LogP contribution is -2.50. The van der Waals surface area contributed by atoms with E-state index in [0.29, 0.717) is 6.04 Å². The van der Waals surface area contributed by atoms with Crippen molar-refractivity contribution in [2.75, 3.05) is 40.9 Å². The fourth-order valence-corrected chi connectivity index (χ4v) is 3.90. The number of hydrogen-bond acceptors (Lipinski definition) is 4. The molecule has 1 aliphatic heterocycles. The van der Waals surface area contributed by atoms with Gasteiger partial charge in [0.1, 0.15) is 0 Å². The summed E-state index contributed by atoms with van der Waals surface area (Å²) in [5.41, 5.74) is 1.12. The quantitative estimate of drug-likeness (QED) is 0.556. The normalized spacial score (nSPS) is 19.4. The van der Waals surface area contributed by atoms with Crippen molar-refractivity contribution in [1.82, 2.24) is 15.5 Å². The third kappa shape index (κ3) is 5.10. The number of benzene rings is 1. The average Bonchev–Trinajstić information content (AvgIpc) is 3.56. The van der Waals surface area contributed by atoms with Crippen molar-refractivity contribution in [3.05, 3.63) is 23.8 Å². The number of nitrogens with one attached hydrogen (secondary N) is 2. The summed E-state index contributed by atoms with van der Waals surface area (Å²) >= 11 is 0. The zero-order valence-electron chi connectivity index (χ0n) is 18.0. The summed E-state index contributed by atoms with van der Waals surface area (Å²) in [6, 6.07) is 7.51. The predicted molar refractivity (Wildman–Crippen MR) is 115 cm³/mol. The minimum absolute atomic E-state index is 0.0769. The minimum atomic E-state index is -0.0769. The summed E-state index contributed by atoms with van der Waals surface area (Å²) in [6.07, 6.45) is 5.17. The Morgan fingerprint density at radius 3 is 2.36 bits per heavy atom. The van der Waals surface area contributed by atoms with Gasteiger partial charge in [-0.25, -0.2) is 0 Å². The molecule has 6 nitrogen and oxygen atoms in total. The van der Waals surface area contributed by atoms with Crippen LogP contribution in [0.25, 0.3) is 0 Å². The second-order valence-corrected chi connectivity index (χ2v) is 8.57. The molecule has 0 amide bonds. The van der Waals surface area contributed by atoms with Crippen LogP contribution in [0.4, 0.5) is 0 Å². The maximum absolute atomic E-state index is 5.46. The van der Waals surface area contributed by atoms with Crippen molar-refractivity contribution in [1.29, 1.82) is 0 Å². The van der Waals surface area contributed by atoms with E-state index in [2.05, 4.69) is 46.5 Å². The Labute approximate surface area is 169 Å². The van der Waals surface area contributed by atoms with Gasteiger partial charge in [0.05, 0.1) is 14.2 Å². The molecular formula is C22H36N4O2. The Balaban J connectivity index is 1.53. The highest BCUT2D eigenvalue weighted by Crippen LogP contribution is 2.33. The van der Waals surface area contributed by atoms with Crippen LogP contribution < -0.4 is 20.1 Å². The van der Waals surface area contributed by atoms with Gasteiger partial charge in [-0.05, 0) is 43.4 Å². The van der Waals surface area contributed by atoms with Crippen molar-refractivity contribution < 1.29 is 9.47 Å². The van der Waals surface area contributed by atoms with Gasteiger partial charge in [0.15, 0.2) is 17.5 Å². The standard InChI is InChI=1S/C22H36N4O2/c1-22(2,16-6-9-19(27-4)20(14-16)28-5)15-24-21(23-3)25-17-10-12-26(13-11-17)18-7-8-18/h6,9,14,17-18H,7-8,10-13,15H2,1-5H3,(H2,23,24,25). The molecule has 28 heavy (non-hydrogen) atoms. The number of guanidine groups is 1. The molecule has 3 rings (SSSR count). The first-order chi connectivity index (χ1) is 13.5. The predicted octanol–water partition coefficient (Wildman–Crippen LogP) is 2.77. The third-order valence-corrected chi connectivity index (χ3v) is 6.02. The summed E-state index contributed by atoms with van der Waals surface area (Å²) in [5.74, 6) is 2.40. The topological polar surface area (TPSA) is 58.1 Å². The average molecular weight is 389 g/mol. The number of likely N-dealkylation sites (tertiary alicyclic amines) is 1. The fraction of sp³-hybridized carbons (Fsp3) is 0.682. The largest absolute Gasteiger partial charge is 0.493 e. The molecule has 0 atom stereocenters. The molecule has 6 heteroatoms. The van der Waals surface area contributed by atoms with E-state index in [4.69, 9.17) is 9.47 Å². The molecule has 1 saturated carbocycles. The molecule has 2 N–H and O–H groups in total. The Bertz CT molecular complexity index is 677. The molecule has 1 aromatic carbocycles. The molecule has 0 bridgehead atoms. The molecule has 0 unspecified atom stereocenters. The van der Waals surface area contributed by atoms with Gasteiger partial charge < -0.3 is 25.0 Å². The van der Waals surface area contributed by atoms with Crippen LogP contribution >= 0.6 is 0 Å². The number of hydrogen-bond donors (Lipinski definition) is 2. The van der Waals surface area contributed by atoms with Gasteiger partial charge in [-0.15, -0.1) is 0 Å². The number of methoxy groups -OCH3 is 2. The Morgan fingerprint density at radius 2 is 1.79 bits per heavy atom. The highest BCUT2D eigenvalue weighted by molar-refractivity contribution is 5.80. The van der Waals surface area contributed by atoms with E-state index in [9.17, 15) is 0 Å². The van der Waals surface area contributed by atoms with Gasteiger partial charge in [0, 0.05) is 44.2 Å². The molecule has 1 aliphatic carbocycles. The van der Waals surface area contributed by atoms with E-state index >= 15 is 0 Å². The molecular weight excluding hydrogens is 352 g/mol. The zero-order chi connectivity index (χ0) is 20.1. The van der Waals surface area contributed by atoms with Crippen LogP contribution in [0.15, 0.2) is 23.2 Å². The lowest BCUT2D eigenvalue weighted by atomic mass is 9.84. The Morgan fingerprint density at radius 1 is 1.11 bits per heavy atom. The summed E-state index contributed by atoms with van der Waals surface area (Å²) in [7, 11) is 5.18. The van der Waals surface area contributed by atoms with Crippen molar-refractivity contribution in [3.63, 3.8) is 0 Å². The van der Waals surface area contributed by atoms with Crippen molar-refractivity contribution in [2.24, 2.45) is 4.99 Å². The monoisotopic (exact) mass is 388 g/mol. The van der Waals surface area contributed by atoms with Crippen LogP contribution in [-0.4, -0.2) is 63.8 Å². The van der Waals surface area contributed by atoms with Crippen molar-refractivity contribution in [3.8, 4) is 11.5 Å². The van der Waals surface area contributed by atoms with Gasteiger partial charge in [-0.1, -0.05) is 19.9 Å². The van der Waals surface area contributed by atoms with Gasteiger partial charge in [0.2, 0.25) is 0 Å². The van der Waals surface area contributed by atoms with E-state index in [1.165, 1.54) is 44.3 Å². The molecule has 0 aromatic heterocycles. The first-order valence-electron chi connectivity index (χ1n) is 10.4. The maximum Gasteiger partial charge on any atom is 0.191 e. The zero-order valence-corrected chi connectivity index (χ0v) is 18.0. The van der Waals surface area contributed by atoms with Crippen molar-refractivity contribution in [2.45, 2.75) is 57.0 Å².